The lowest BCUT2D eigenvalue weighted by atomic mass is 9.77. The molecule has 8 aromatic rings. The highest BCUT2D eigenvalue weighted by Crippen LogP contribution is 2.47. The maximum Gasteiger partial charge on any atom is 0.137 e. The van der Waals surface area contributed by atoms with Crippen LogP contribution < -0.4 is 14.5 Å². The summed E-state index contributed by atoms with van der Waals surface area (Å²) in [6, 6.07) is 52.8. The standard InChI is InChI=1S/C60H64N4O/c1-57(2,3)42-29-30-61-55(33-42)64-52-26-20-19-25-48(52)49-28-27-46(37-53(49)64)65-47-32-43(58(4,5)6)31-44(34-47)62-38-54(59(7,8)9)63(39-62)45-35-50(40-21-15-13-16-22-40)56(60(10,11)12)51(36-45)41-23-17-14-18-24-41/h13-38H,39H2,1-12H3. The topological polar surface area (TPSA) is 33.5 Å². The van der Waals surface area contributed by atoms with Gasteiger partial charge in [0.1, 0.15) is 17.3 Å². The van der Waals surface area contributed by atoms with Crippen LogP contribution in [0.15, 0.2) is 164 Å². The van der Waals surface area contributed by atoms with Crippen molar-refractivity contribution in [3.8, 4) is 39.6 Å². The average molecular weight is 857 g/mol. The summed E-state index contributed by atoms with van der Waals surface area (Å²) in [5, 5.41) is 2.35. The Morgan fingerprint density at radius 3 is 1.68 bits per heavy atom. The van der Waals surface area contributed by atoms with E-state index < -0.39 is 0 Å². The normalized spacial score (nSPS) is 13.8. The summed E-state index contributed by atoms with van der Waals surface area (Å²) in [4.78, 5) is 9.84. The minimum atomic E-state index is -0.145. The van der Waals surface area contributed by atoms with Crippen LogP contribution in [0.2, 0.25) is 0 Å². The molecule has 0 bridgehead atoms. The summed E-state index contributed by atoms with van der Waals surface area (Å²) in [5.41, 5.74) is 14.1. The lowest BCUT2D eigenvalue weighted by Gasteiger charge is -2.34. The van der Waals surface area contributed by atoms with Crippen LogP contribution >= 0.6 is 0 Å². The zero-order valence-electron chi connectivity index (χ0n) is 40.4. The smallest absolute Gasteiger partial charge is 0.137 e. The van der Waals surface area contributed by atoms with Crippen molar-refractivity contribution in [1.29, 1.82) is 0 Å². The molecule has 5 heteroatoms. The number of aromatic nitrogens is 2. The molecule has 0 atom stereocenters. The molecule has 0 radical (unpaired) electrons. The number of rotatable bonds is 7. The third-order valence-electron chi connectivity index (χ3n) is 12.8. The number of allylic oxidation sites excluding steroid dienone is 1. The molecule has 0 spiro atoms. The van der Waals surface area contributed by atoms with Gasteiger partial charge in [-0.3, -0.25) is 4.57 Å². The third kappa shape index (κ3) is 8.57. The van der Waals surface area contributed by atoms with E-state index in [-0.39, 0.29) is 21.7 Å². The lowest BCUT2D eigenvalue weighted by molar-refractivity contribution is 0.479. The molecular formula is C60H64N4O. The van der Waals surface area contributed by atoms with E-state index in [1.165, 1.54) is 61.1 Å². The Bertz CT molecular complexity index is 3010. The van der Waals surface area contributed by atoms with E-state index in [9.17, 15) is 0 Å². The van der Waals surface area contributed by atoms with Crippen molar-refractivity contribution in [1.82, 2.24) is 9.55 Å². The van der Waals surface area contributed by atoms with Crippen LogP contribution in [0.3, 0.4) is 0 Å². The maximum absolute atomic E-state index is 6.97. The Hall–Kier alpha value is -6.59. The first-order chi connectivity index (χ1) is 30.7. The SMILES string of the molecule is CC(C)(C)C1=CN(c2cc(Oc3ccc4c5ccccc5n(-c5cc(C(C)(C)C)ccn5)c4c3)cc(C(C)(C)C)c2)CN1c1cc(-c2ccccc2)c(C(C)(C)C)c(-c2ccccc2)c1. The first kappa shape index (κ1) is 43.7. The Labute approximate surface area is 387 Å². The molecule has 0 N–H and O–H groups in total. The van der Waals surface area contributed by atoms with Crippen molar-refractivity contribution in [2.24, 2.45) is 5.41 Å². The minimum absolute atomic E-state index is 0.0111. The number of hydrogen-bond acceptors (Lipinski definition) is 4. The van der Waals surface area contributed by atoms with Crippen molar-refractivity contribution in [3.63, 3.8) is 0 Å². The second-order valence-corrected chi connectivity index (χ2v) is 22.0. The molecule has 9 rings (SSSR count). The fourth-order valence-corrected chi connectivity index (χ4v) is 9.39. The first-order valence-corrected chi connectivity index (χ1v) is 23.1. The van der Waals surface area contributed by atoms with Gasteiger partial charge in [0.05, 0.1) is 17.7 Å². The van der Waals surface area contributed by atoms with Gasteiger partial charge in [0, 0.05) is 57.8 Å². The highest BCUT2D eigenvalue weighted by molar-refractivity contribution is 6.09. The van der Waals surface area contributed by atoms with Gasteiger partial charge in [-0.2, -0.15) is 0 Å². The Kier molecular flexibility index (Phi) is 10.8. The highest BCUT2D eigenvalue weighted by atomic mass is 16.5. The van der Waals surface area contributed by atoms with Gasteiger partial charge in [-0.05, 0) is 110 Å². The van der Waals surface area contributed by atoms with Gasteiger partial charge in [-0.15, -0.1) is 0 Å². The predicted octanol–water partition coefficient (Wildman–Crippen LogP) is 16.4. The largest absolute Gasteiger partial charge is 0.457 e. The molecule has 1 aliphatic rings. The number of para-hydroxylation sites is 1. The number of nitrogens with zero attached hydrogens (tertiary/aromatic N) is 4. The second kappa shape index (κ2) is 16.1. The zero-order chi connectivity index (χ0) is 46.1. The molecule has 0 saturated heterocycles. The monoisotopic (exact) mass is 857 g/mol. The predicted molar refractivity (Wildman–Crippen MR) is 276 cm³/mol. The van der Waals surface area contributed by atoms with E-state index in [2.05, 4.69) is 249 Å². The molecule has 0 saturated carbocycles. The summed E-state index contributed by atoms with van der Waals surface area (Å²) in [5.74, 6) is 2.48. The first-order valence-electron chi connectivity index (χ1n) is 23.1. The number of anilines is 2. The van der Waals surface area contributed by atoms with E-state index >= 15 is 0 Å². The van der Waals surface area contributed by atoms with Crippen molar-refractivity contribution in [3.05, 3.63) is 180 Å². The molecular weight excluding hydrogens is 793 g/mol. The van der Waals surface area contributed by atoms with Crippen molar-refractivity contribution >= 4 is 33.2 Å². The van der Waals surface area contributed by atoms with Gasteiger partial charge < -0.3 is 14.5 Å². The number of benzene rings is 6. The number of hydrogen-bond donors (Lipinski definition) is 0. The van der Waals surface area contributed by atoms with Gasteiger partial charge in [-0.1, -0.05) is 162 Å². The van der Waals surface area contributed by atoms with E-state index in [1.54, 1.807) is 0 Å². The van der Waals surface area contributed by atoms with Gasteiger partial charge in [0.2, 0.25) is 0 Å². The van der Waals surface area contributed by atoms with Crippen LogP contribution in [0.1, 0.15) is 99.8 Å². The quantitative estimate of drug-likeness (QED) is 0.160. The molecule has 1 aliphatic heterocycles. The molecule has 2 aromatic heterocycles. The summed E-state index contributed by atoms with van der Waals surface area (Å²) in [7, 11) is 0. The van der Waals surface area contributed by atoms with Gasteiger partial charge >= 0.3 is 0 Å². The van der Waals surface area contributed by atoms with E-state index in [1.807, 2.05) is 6.20 Å². The molecule has 3 heterocycles. The van der Waals surface area contributed by atoms with E-state index in [0.29, 0.717) is 6.67 Å². The fraction of sp³-hybridized carbons (Fsp3) is 0.283. The molecule has 0 amide bonds. The molecule has 65 heavy (non-hydrogen) atoms. The van der Waals surface area contributed by atoms with Crippen LogP contribution in [0.4, 0.5) is 11.4 Å². The third-order valence-corrected chi connectivity index (χ3v) is 12.8. The van der Waals surface area contributed by atoms with Crippen LogP contribution in [-0.2, 0) is 16.2 Å². The summed E-state index contributed by atoms with van der Waals surface area (Å²) >= 11 is 0. The van der Waals surface area contributed by atoms with E-state index in [4.69, 9.17) is 9.72 Å². The average Bonchev–Trinajstić information content (AvgIpc) is 3.87. The van der Waals surface area contributed by atoms with Crippen LogP contribution in [0.5, 0.6) is 11.5 Å². The fourth-order valence-electron chi connectivity index (χ4n) is 9.39. The zero-order valence-corrected chi connectivity index (χ0v) is 40.4. The maximum atomic E-state index is 6.97. The number of fused-ring (bicyclic) bond motifs is 3. The van der Waals surface area contributed by atoms with Gasteiger partial charge in [0.25, 0.3) is 0 Å². The van der Waals surface area contributed by atoms with Crippen LogP contribution in [0, 0.1) is 5.41 Å². The van der Waals surface area contributed by atoms with E-state index in [0.717, 1.165) is 34.0 Å². The molecule has 5 nitrogen and oxygen atoms in total. The lowest BCUT2D eigenvalue weighted by Crippen LogP contribution is -2.31. The Morgan fingerprint density at radius 2 is 1.08 bits per heavy atom. The summed E-state index contributed by atoms with van der Waals surface area (Å²) in [6.45, 7) is 28.2. The Morgan fingerprint density at radius 1 is 0.477 bits per heavy atom. The Balaban J connectivity index is 1.15. The summed E-state index contributed by atoms with van der Waals surface area (Å²) in [6.07, 6.45) is 4.29. The molecule has 330 valence electrons. The molecule has 0 aliphatic carbocycles. The molecule has 0 fully saturated rings. The summed E-state index contributed by atoms with van der Waals surface area (Å²) < 4.78 is 9.25. The van der Waals surface area contributed by atoms with Crippen molar-refractivity contribution in [2.75, 3.05) is 16.5 Å². The van der Waals surface area contributed by atoms with Gasteiger partial charge in [0.15, 0.2) is 0 Å². The van der Waals surface area contributed by atoms with Crippen LogP contribution in [0.25, 0.3) is 49.9 Å². The van der Waals surface area contributed by atoms with Crippen molar-refractivity contribution in [2.45, 2.75) is 99.3 Å². The number of ether oxygens (including phenoxy) is 1. The second-order valence-electron chi connectivity index (χ2n) is 22.0. The highest BCUT2D eigenvalue weighted by Gasteiger charge is 2.34. The molecule has 6 aromatic carbocycles. The molecule has 0 unspecified atom stereocenters. The number of pyridine rings is 1. The minimum Gasteiger partial charge on any atom is -0.457 e. The van der Waals surface area contributed by atoms with Crippen molar-refractivity contribution < 1.29 is 4.74 Å². The van der Waals surface area contributed by atoms with Gasteiger partial charge in [-0.25, -0.2) is 4.98 Å². The van der Waals surface area contributed by atoms with Crippen LogP contribution in [-0.4, -0.2) is 16.2 Å².